The van der Waals surface area contributed by atoms with Crippen LogP contribution in [0.25, 0.3) is 11.1 Å². The van der Waals surface area contributed by atoms with Crippen molar-refractivity contribution in [2.75, 3.05) is 7.11 Å². The zero-order valence-electron chi connectivity index (χ0n) is 17.3. The molecule has 0 unspecified atom stereocenters. The summed E-state index contributed by atoms with van der Waals surface area (Å²) in [4.78, 5) is 0.574. The number of methoxy groups -OCH3 is 1. The number of rotatable bonds is 6. The van der Waals surface area contributed by atoms with Gasteiger partial charge < -0.3 is 9.47 Å². The van der Waals surface area contributed by atoms with Gasteiger partial charge in [-0.05, 0) is 78.7 Å². The zero-order valence-corrected chi connectivity index (χ0v) is 18.1. The number of hydrogen-bond acceptors (Lipinski definition) is 4. The molecule has 0 heterocycles. The van der Waals surface area contributed by atoms with E-state index in [1.165, 1.54) is 0 Å². The second-order valence-electron chi connectivity index (χ2n) is 7.14. The summed E-state index contributed by atoms with van der Waals surface area (Å²) in [5, 5.41) is 0. The van der Waals surface area contributed by atoms with Crippen molar-refractivity contribution in [3.63, 3.8) is 0 Å². The van der Waals surface area contributed by atoms with Crippen molar-refractivity contribution in [1.29, 1.82) is 0 Å². The van der Waals surface area contributed by atoms with Crippen molar-refractivity contribution >= 4 is 9.84 Å². The molecule has 4 rings (SSSR count). The first-order chi connectivity index (χ1) is 15.0. The Labute approximate surface area is 182 Å². The molecule has 0 spiro atoms. The lowest BCUT2D eigenvalue weighted by molar-refractivity contribution is 0.413. The Morgan fingerprint density at radius 2 is 0.935 bits per heavy atom. The van der Waals surface area contributed by atoms with Crippen molar-refractivity contribution in [3.8, 4) is 28.4 Å². The van der Waals surface area contributed by atoms with Gasteiger partial charge in [-0.15, -0.1) is 0 Å². The minimum absolute atomic E-state index is 0.277. The Morgan fingerprint density at radius 1 is 0.548 bits per heavy atom. The topological polar surface area (TPSA) is 52.6 Å². The average molecular weight is 431 g/mol. The van der Waals surface area contributed by atoms with Gasteiger partial charge in [-0.25, -0.2) is 8.42 Å². The molecular formula is C26H22O4S. The molecule has 0 radical (unpaired) electrons. The van der Waals surface area contributed by atoms with Crippen LogP contribution in [0.15, 0.2) is 107 Å². The van der Waals surface area contributed by atoms with Gasteiger partial charge in [-0.3, -0.25) is 0 Å². The molecule has 0 amide bonds. The maximum Gasteiger partial charge on any atom is 0.206 e. The molecule has 0 saturated heterocycles. The molecule has 5 heteroatoms. The minimum atomic E-state index is -3.53. The third-order valence-corrected chi connectivity index (χ3v) is 6.76. The normalized spacial score (nSPS) is 11.2. The Bertz CT molecular complexity index is 1260. The van der Waals surface area contributed by atoms with Gasteiger partial charge in [0, 0.05) is 0 Å². The van der Waals surface area contributed by atoms with Crippen LogP contribution in [0.1, 0.15) is 5.56 Å². The summed E-state index contributed by atoms with van der Waals surface area (Å²) in [6.07, 6.45) is 0. The molecule has 0 fully saturated rings. The first-order valence-electron chi connectivity index (χ1n) is 9.80. The van der Waals surface area contributed by atoms with Crippen LogP contribution in [-0.2, 0) is 9.84 Å². The predicted octanol–water partition coefficient (Wildman–Crippen LogP) is 6.30. The van der Waals surface area contributed by atoms with Crippen molar-refractivity contribution in [1.82, 2.24) is 0 Å². The van der Waals surface area contributed by atoms with Gasteiger partial charge >= 0.3 is 0 Å². The van der Waals surface area contributed by atoms with E-state index in [4.69, 9.17) is 9.47 Å². The van der Waals surface area contributed by atoms with Crippen molar-refractivity contribution in [3.05, 3.63) is 103 Å². The fourth-order valence-corrected chi connectivity index (χ4v) is 4.44. The van der Waals surface area contributed by atoms with Crippen molar-refractivity contribution in [2.45, 2.75) is 16.7 Å². The average Bonchev–Trinajstić information content (AvgIpc) is 2.80. The van der Waals surface area contributed by atoms with Gasteiger partial charge in [0.1, 0.15) is 17.2 Å². The van der Waals surface area contributed by atoms with E-state index in [2.05, 4.69) is 0 Å². The molecule has 156 valence electrons. The number of hydrogen-bond donors (Lipinski definition) is 0. The van der Waals surface area contributed by atoms with Crippen molar-refractivity contribution < 1.29 is 17.9 Å². The fourth-order valence-electron chi connectivity index (χ4n) is 3.18. The Kier molecular flexibility index (Phi) is 5.78. The zero-order chi connectivity index (χ0) is 21.8. The number of sulfone groups is 1. The second-order valence-corrected chi connectivity index (χ2v) is 9.09. The standard InChI is InChI=1S/C26H22O4S/c1-19-3-15-25(16-4-19)31(27,28)26-17-7-21(8-18-26)20-5-9-23(10-6-20)30-24-13-11-22(29-2)12-14-24/h3-18H,1-2H3. The predicted molar refractivity (Wildman–Crippen MR) is 122 cm³/mol. The van der Waals surface area contributed by atoms with E-state index in [0.29, 0.717) is 10.6 Å². The van der Waals surface area contributed by atoms with Crippen LogP contribution in [0.4, 0.5) is 0 Å². The van der Waals surface area contributed by atoms with E-state index in [1.807, 2.05) is 67.6 Å². The second kappa shape index (κ2) is 8.66. The molecular weight excluding hydrogens is 408 g/mol. The lowest BCUT2D eigenvalue weighted by atomic mass is 10.1. The van der Waals surface area contributed by atoms with Crippen LogP contribution in [0.3, 0.4) is 0 Å². The summed E-state index contributed by atoms with van der Waals surface area (Å²) in [5.74, 6) is 2.21. The first-order valence-corrected chi connectivity index (χ1v) is 11.3. The SMILES string of the molecule is COc1ccc(Oc2ccc(-c3ccc(S(=O)(=O)c4ccc(C)cc4)cc3)cc2)cc1. The van der Waals surface area contributed by atoms with Crippen LogP contribution in [0.5, 0.6) is 17.2 Å². The number of benzene rings is 4. The molecule has 0 N–H and O–H groups in total. The maximum atomic E-state index is 12.8. The van der Waals surface area contributed by atoms with E-state index < -0.39 is 9.84 Å². The van der Waals surface area contributed by atoms with Crippen LogP contribution in [0.2, 0.25) is 0 Å². The highest BCUT2D eigenvalue weighted by Crippen LogP contribution is 2.29. The maximum absolute atomic E-state index is 12.8. The highest BCUT2D eigenvalue weighted by atomic mass is 32.2. The first kappa shape index (κ1) is 20.7. The summed E-state index contributed by atoms with van der Waals surface area (Å²) in [6, 6.07) is 28.9. The van der Waals surface area contributed by atoms with Gasteiger partial charge in [0.05, 0.1) is 16.9 Å². The number of ether oxygens (including phenoxy) is 2. The monoisotopic (exact) mass is 430 g/mol. The van der Waals surface area contributed by atoms with E-state index in [-0.39, 0.29) is 4.90 Å². The third-order valence-electron chi connectivity index (χ3n) is 4.98. The summed E-state index contributed by atoms with van der Waals surface area (Å²) in [5.41, 5.74) is 2.92. The lowest BCUT2D eigenvalue weighted by Gasteiger charge is -2.09. The van der Waals surface area contributed by atoms with Crippen LogP contribution in [0, 0.1) is 6.92 Å². The highest BCUT2D eigenvalue weighted by molar-refractivity contribution is 7.91. The van der Waals surface area contributed by atoms with Crippen LogP contribution >= 0.6 is 0 Å². The molecule has 0 aliphatic carbocycles. The summed E-state index contributed by atoms with van der Waals surface area (Å²) in [7, 11) is -1.91. The summed E-state index contributed by atoms with van der Waals surface area (Å²) < 4.78 is 36.7. The molecule has 0 aliphatic heterocycles. The third kappa shape index (κ3) is 4.62. The van der Waals surface area contributed by atoms with Gasteiger partial charge in [-0.2, -0.15) is 0 Å². The summed E-state index contributed by atoms with van der Waals surface area (Å²) >= 11 is 0. The Balaban J connectivity index is 1.50. The van der Waals surface area contributed by atoms with Gasteiger partial charge in [0.15, 0.2) is 0 Å². The van der Waals surface area contributed by atoms with Gasteiger partial charge in [0.2, 0.25) is 9.84 Å². The molecule has 0 aliphatic rings. The van der Waals surface area contributed by atoms with Crippen LogP contribution < -0.4 is 9.47 Å². The largest absolute Gasteiger partial charge is 0.497 e. The van der Waals surface area contributed by atoms with Crippen LogP contribution in [-0.4, -0.2) is 15.5 Å². The van der Waals surface area contributed by atoms with E-state index in [9.17, 15) is 8.42 Å². The van der Waals surface area contributed by atoms with E-state index in [0.717, 1.165) is 28.2 Å². The van der Waals surface area contributed by atoms with Gasteiger partial charge in [0.25, 0.3) is 0 Å². The fraction of sp³-hybridized carbons (Fsp3) is 0.0769. The van der Waals surface area contributed by atoms with E-state index in [1.54, 1.807) is 43.5 Å². The molecule has 0 saturated carbocycles. The Hall–Kier alpha value is -3.57. The smallest absolute Gasteiger partial charge is 0.206 e. The Morgan fingerprint density at radius 3 is 1.42 bits per heavy atom. The summed E-state index contributed by atoms with van der Waals surface area (Å²) in [6.45, 7) is 1.93. The minimum Gasteiger partial charge on any atom is -0.497 e. The molecule has 4 aromatic rings. The molecule has 4 nitrogen and oxygen atoms in total. The van der Waals surface area contributed by atoms with E-state index >= 15 is 0 Å². The molecule has 4 aromatic carbocycles. The number of aryl methyl sites for hydroxylation is 1. The quantitative estimate of drug-likeness (QED) is 0.360. The highest BCUT2D eigenvalue weighted by Gasteiger charge is 2.17. The molecule has 31 heavy (non-hydrogen) atoms. The molecule has 0 aromatic heterocycles. The molecule has 0 atom stereocenters. The van der Waals surface area contributed by atoms with Gasteiger partial charge in [-0.1, -0.05) is 42.0 Å². The molecule has 0 bridgehead atoms. The van der Waals surface area contributed by atoms with Crippen molar-refractivity contribution in [2.24, 2.45) is 0 Å². The lowest BCUT2D eigenvalue weighted by Crippen LogP contribution is -2.01.